The maximum atomic E-state index is 11.6. The second-order valence-electron chi connectivity index (χ2n) is 7.03. The van der Waals surface area contributed by atoms with Crippen molar-refractivity contribution in [3.63, 3.8) is 0 Å². The van der Waals surface area contributed by atoms with Crippen LogP contribution in [0.3, 0.4) is 0 Å². The summed E-state index contributed by atoms with van der Waals surface area (Å²) in [6.45, 7) is 6.15. The van der Waals surface area contributed by atoms with Gasteiger partial charge >= 0.3 is 0 Å². The van der Waals surface area contributed by atoms with E-state index in [1.807, 2.05) is 7.05 Å². The van der Waals surface area contributed by atoms with Gasteiger partial charge in [0.15, 0.2) is 5.96 Å². The molecule has 0 radical (unpaired) electrons. The highest BCUT2D eigenvalue weighted by atomic mass is 16.5. The first-order valence-corrected chi connectivity index (χ1v) is 9.98. The van der Waals surface area contributed by atoms with Crippen LogP contribution in [0.2, 0.25) is 0 Å². The normalized spacial score (nSPS) is 15.7. The lowest BCUT2D eigenvalue weighted by atomic mass is 9.93. The van der Waals surface area contributed by atoms with Gasteiger partial charge in [0.2, 0.25) is 5.91 Å². The number of hydrogen-bond acceptors (Lipinski definition) is 3. The van der Waals surface area contributed by atoms with Crippen molar-refractivity contribution in [3.8, 4) is 0 Å². The van der Waals surface area contributed by atoms with Crippen molar-refractivity contribution in [2.24, 2.45) is 10.9 Å². The van der Waals surface area contributed by atoms with Crippen molar-refractivity contribution in [2.75, 3.05) is 33.8 Å². The summed E-state index contributed by atoms with van der Waals surface area (Å²) in [4.78, 5) is 18.3. The largest absolute Gasteiger partial charge is 0.377 e. The van der Waals surface area contributed by atoms with Crippen LogP contribution in [0.25, 0.3) is 0 Å². The molecular formula is C21H34N4O2. The second-order valence-corrected chi connectivity index (χ2v) is 7.03. The molecule has 0 aromatic heterocycles. The molecule has 0 unspecified atom stereocenters. The summed E-state index contributed by atoms with van der Waals surface area (Å²) in [6.07, 6.45) is 3.70. The minimum Gasteiger partial charge on any atom is -0.377 e. The Kier molecular flexibility index (Phi) is 9.11. The van der Waals surface area contributed by atoms with Crippen LogP contribution in [-0.4, -0.2) is 50.6 Å². The first kappa shape index (κ1) is 21.2. The van der Waals surface area contributed by atoms with Crippen molar-refractivity contribution >= 4 is 11.9 Å². The van der Waals surface area contributed by atoms with Gasteiger partial charge in [-0.05, 0) is 36.3 Å². The molecule has 1 amide bonds. The Balaban J connectivity index is 1.85. The molecule has 1 aliphatic heterocycles. The average Bonchev–Trinajstić information content (AvgIpc) is 2.70. The van der Waals surface area contributed by atoms with Crippen LogP contribution in [0.5, 0.6) is 0 Å². The minimum atomic E-state index is 0.137. The number of aliphatic imine (C=N–C) groups is 1. The quantitative estimate of drug-likeness (QED) is 0.417. The van der Waals surface area contributed by atoms with E-state index in [1.165, 1.54) is 11.1 Å². The second kappa shape index (κ2) is 11.6. The van der Waals surface area contributed by atoms with Crippen molar-refractivity contribution in [2.45, 2.75) is 45.8 Å². The Morgan fingerprint density at radius 2 is 1.96 bits per heavy atom. The van der Waals surface area contributed by atoms with Crippen molar-refractivity contribution in [1.29, 1.82) is 0 Å². The number of guanidine groups is 1. The third-order valence-corrected chi connectivity index (χ3v) is 5.04. The Morgan fingerprint density at radius 1 is 1.26 bits per heavy atom. The number of carbonyl (C=O) groups excluding carboxylic acids is 1. The van der Waals surface area contributed by atoms with E-state index in [-0.39, 0.29) is 5.91 Å². The van der Waals surface area contributed by atoms with E-state index in [9.17, 15) is 4.79 Å². The number of amides is 1. The fourth-order valence-electron chi connectivity index (χ4n) is 3.42. The van der Waals surface area contributed by atoms with E-state index in [1.54, 1.807) is 7.05 Å². The molecule has 2 rings (SSSR count). The van der Waals surface area contributed by atoms with Gasteiger partial charge in [-0.1, -0.05) is 31.2 Å². The molecule has 1 heterocycles. The molecule has 150 valence electrons. The Labute approximate surface area is 163 Å². The number of likely N-dealkylation sites (tertiary alicyclic amines) is 1. The van der Waals surface area contributed by atoms with Gasteiger partial charge in [0.25, 0.3) is 0 Å². The molecule has 2 N–H and O–H groups in total. The molecule has 1 saturated heterocycles. The predicted octanol–water partition coefficient (Wildman–Crippen LogP) is 2.54. The lowest BCUT2D eigenvalue weighted by Crippen LogP contribution is -2.45. The van der Waals surface area contributed by atoms with Crippen LogP contribution in [0, 0.1) is 5.92 Å². The third-order valence-electron chi connectivity index (χ3n) is 5.04. The van der Waals surface area contributed by atoms with Crippen LogP contribution in [-0.2, 0) is 22.7 Å². The molecule has 0 aliphatic carbocycles. The summed E-state index contributed by atoms with van der Waals surface area (Å²) in [5.41, 5.74) is 2.46. The summed E-state index contributed by atoms with van der Waals surface area (Å²) in [6, 6.07) is 8.38. The molecule has 1 aromatic carbocycles. The number of piperidine rings is 1. The number of benzene rings is 1. The zero-order chi connectivity index (χ0) is 19.5. The number of carbonyl (C=O) groups is 1. The number of ether oxygens (including phenoxy) is 1. The van der Waals surface area contributed by atoms with Crippen molar-refractivity contribution in [3.05, 3.63) is 35.4 Å². The standard InChI is InChI=1S/C21H34N4O2/c1-4-13-27-16-19-8-6-5-7-18(19)15-24-21(23-3)25-11-9-17(10-12-25)14-20(26)22-2/h5-8,17H,4,9-16H2,1-3H3,(H,22,26)(H,23,24). The third kappa shape index (κ3) is 6.86. The number of nitrogens with zero attached hydrogens (tertiary/aromatic N) is 2. The first-order valence-electron chi connectivity index (χ1n) is 9.98. The highest BCUT2D eigenvalue weighted by Crippen LogP contribution is 2.20. The fourth-order valence-corrected chi connectivity index (χ4v) is 3.42. The molecule has 6 nitrogen and oxygen atoms in total. The Bertz CT molecular complexity index is 610. The molecule has 0 spiro atoms. The lowest BCUT2D eigenvalue weighted by molar-refractivity contribution is -0.121. The van der Waals surface area contributed by atoms with Crippen LogP contribution >= 0.6 is 0 Å². The highest BCUT2D eigenvalue weighted by molar-refractivity contribution is 5.80. The van der Waals surface area contributed by atoms with Gasteiger partial charge in [0, 0.05) is 46.8 Å². The van der Waals surface area contributed by atoms with E-state index in [0.29, 0.717) is 18.9 Å². The molecule has 1 fully saturated rings. The predicted molar refractivity (Wildman–Crippen MR) is 110 cm³/mol. The van der Waals surface area contributed by atoms with E-state index >= 15 is 0 Å². The minimum absolute atomic E-state index is 0.137. The highest BCUT2D eigenvalue weighted by Gasteiger charge is 2.23. The van der Waals surface area contributed by atoms with Crippen LogP contribution in [0.1, 0.15) is 43.7 Å². The zero-order valence-electron chi connectivity index (χ0n) is 17.0. The van der Waals surface area contributed by atoms with E-state index < -0.39 is 0 Å². The van der Waals surface area contributed by atoms with E-state index in [4.69, 9.17) is 4.74 Å². The van der Waals surface area contributed by atoms with Gasteiger partial charge in [-0.15, -0.1) is 0 Å². The smallest absolute Gasteiger partial charge is 0.220 e. The average molecular weight is 375 g/mol. The van der Waals surface area contributed by atoms with Crippen LogP contribution in [0.15, 0.2) is 29.3 Å². The Morgan fingerprint density at radius 3 is 2.59 bits per heavy atom. The summed E-state index contributed by atoms with van der Waals surface area (Å²) in [7, 11) is 3.53. The van der Waals surface area contributed by atoms with Gasteiger partial charge in [0.1, 0.15) is 0 Å². The number of nitrogens with one attached hydrogen (secondary N) is 2. The van der Waals surface area contributed by atoms with Gasteiger partial charge in [-0.3, -0.25) is 9.79 Å². The number of rotatable bonds is 8. The monoisotopic (exact) mass is 374 g/mol. The maximum Gasteiger partial charge on any atom is 0.220 e. The van der Waals surface area contributed by atoms with Crippen LogP contribution < -0.4 is 10.6 Å². The topological polar surface area (TPSA) is 66.0 Å². The summed E-state index contributed by atoms with van der Waals surface area (Å²) in [5.74, 6) is 1.53. The molecule has 0 saturated carbocycles. The molecule has 0 bridgehead atoms. The summed E-state index contributed by atoms with van der Waals surface area (Å²) < 4.78 is 5.71. The van der Waals surface area contributed by atoms with Crippen LogP contribution in [0.4, 0.5) is 0 Å². The van der Waals surface area contributed by atoms with Crippen molar-refractivity contribution < 1.29 is 9.53 Å². The molecule has 27 heavy (non-hydrogen) atoms. The van der Waals surface area contributed by atoms with Gasteiger partial charge in [0.05, 0.1) is 6.61 Å². The molecule has 1 aromatic rings. The van der Waals surface area contributed by atoms with Gasteiger partial charge < -0.3 is 20.3 Å². The Hall–Kier alpha value is -2.08. The van der Waals surface area contributed by atoms with Gasteiger partial charge in [-0.25, -0.2) is 0 Å². The summed E-state index contributed by atoms with van der Waals surface area (Å²) in [5, 5.41) is 6.21. The molecular weight excluding hydrogens is 340 g/mol. The lowest BCUT2D eigenvalue weighted by Gasteiger charge is -2.34. The summed E-state index contributed by atoms with van der Waals surface area (Å²) >= 11 is 0. The first-order chi connectivity index (χ1) is 13.2. The fraction of sp³-hybridized carbons (Fsp3) is 0.619. The van der Waals surface area contributed by atoms with E-state index in [2.05, 4.69) is 51.7 Å². The SMILES string of the molecule is CCCOCc1ccccc1CNC(=NC)N1CCC(CC(=O)NC)CC1. The number of hydrogen-bond donors (Lipinski definition) is 2. The van der Waals surface area contributed by atoms with Gasteiger partial charge in [-0.2, -0.15) is 0 Å². The molecule has 0 atom stereocenters. The molecule has 6 heteroatoms. The zero-order valence-corrected chi connectivity index (χ0v) is 17.0. The van der Waals surface area contributed by atoms with E-state index in [0.717, 1.165) is 51.5 Å². The maximum absolute atomic E-state index is 11.6. The van der Waals surface area contributed by atoms with Crippen molar-refractivity contribution in [1.82, 2.24) is 15.5 Å². The molecule has 1 aliphatic rings.